The van der Waals surface area contributed by atoms with Gasteiger partial charge in [-0.25, -0.2) is 0 Å². The zero-order valence-corrected chi connectivity index (χ0v) is 13.4. The molecular weight excluding hydrogens is 290 g/mol. The van der Waals surface area contributed by atoms with Crippen LogP contribution in [-0.4, -0.2) is 37.5 Å². The second-order valence-electron chi connectivity index (χ2n) is 5.40. The topological polar surface area (TPSA) is 46.6 Å². The molecule has 0 spiro atoms. The predicted molar refractivity (Wildman–Crippen MR) is 89.0 cm³/mol. The van der Waals surface area contributed by atoms with E-state index in [4.69, 9.17) is 0 Å². The van der Waals surface area contributed by atoms with E-state index < -0.39 is 5.97 Å². The van der Waals surface area contributed by atoms with Crippen LogP contribution < -0.4 is 0 Å². The molecule has 0 N–H and O–H groups in total. The number of hydrogen-bond acceptors (Lipinski definition) is 3. The first kappa shape index (κ1) is 16.7. The molecule has 0 aromatic heterocycles. The van der Waals surface area contributed by atoms with Gasteiger partial charge in [0.05, 0.1) is 7.11 Å². The van der Waals surface area contributed by atoms with Crippen molar-refractivity contribution >= 4 is 11.9 Å². The number of likely N-dealkylation sites (N-methyl/N-ethyl adjacent to an activating group) is 1. The van der Waals surface area contributed by atoms with Crippen LogP contribution in [0.3, 0.4) is 0 Å². The summed E-state index contributed by atoms with van der Waals surface area (Å²) in [6.45, 7) is -0.0361. The van der Waals surface area contributed by atoms with E-state index in [1.165, 1.54) is 12.0 Å². The fraction of sp³-hybridized carbons (Fsp3) is 0.263. The van der Waals surface area contributed by atoms with E-state index in [9.17, 15) is 9.59 Å². The summed E-state index contributed by atoms with van der Waals surface area (Å²) in [6, 6.07) is 19.9. The zero-order valence-electron chi connectivity index (χ0n) is 13.4. The van der Waals surface area contributed by atoms with Crippen molar-refractivity contribution in [2.45, 2.75) is 12.3 Å². The normalized spacial score (nSPS) is 10.4. The van der Waals surface area contributed by atoms with Gasteiger partial charge < -0.3 is 9.64 Å². The number of methoxy groups -OCH3 is 1. The highest BCUT2D eigenvalue weighted by molar-refractivity contribution is 5.82. The number of nitrogens with zero attached hydrogens (tertiary/aromatic N) is 1. The van der Waals surface area contributed by atoms with Gasteiger partial charge in [0.2, 0.25) is 5.91 Å². The van der Waals surface area contributed by atoms with E-state index in [0.29, 0.717) is 6.42 Å². The molecule has 0 saturated heterocycles. The van der Waals surface area contributed by atoms with Crippen molar-refractivity contribution in [1.29, 1.82) is 0 Å². The predicted octanol–water partition coefficient (Wildman–Crippen LogP) is 2.84. The smallest absolute Gasteiger partial charge is 0.325 e. The van der Waals surface area contributed by atoms with Crippen molar-refractivity contribution in [3.63, 3.8) is 0 Å². The molecule has 1 amide bonds. The number of rotatable bonds is 6. The van der Waals surface area contributed by atoms with Gasteiger partial charge in [-0.1, -0.05) is 60.7 Å². The molecule has 0 bridgehead atoms. The van der Waals surface area contributed by atoms with Crippen molar-refractivity contribution in [1.82, 2.24) is 4.90 Å². The summed E-state index contributed by atoms with van der Waals surface area (Å²) in [5, 5.41) is 0. The van der Waals surface area contributed by atoms with Gasteiger partial charge in [0.25, 0.3) is 0 Å². The second kappa shape index (κ2) is 8.13. The van der Waals surface area contributed by atoms with Crippen LogP contribution in [0.25, 0.3) is 0 Å². The number of hydrogen-bond donors (Lipinski definition) is 0. The minimum Gasteiger partial charge on any atom is -0.468 e. The Bertz CT molecular complexity index is 601. The maximum Gasteiger partial charge on any atom is 0.325 e. The van der Waals surface area contributed by atoms with E-state index in [1.54, 1.807) is 7.05 Å². The fourth-order valence-electron chi connectivity index (χ4n) is 2.48. The number of carbonyl (C=O) groups excluding carboxylic acids is 2. The Morgan fingerprint density at radius 1 is 0.957 bits per heavy atom. The van der Waals surface area contributed by atoms with Crippen molar-refractivity contribution in [2.75, 3.05) is 20.7 Å². The Morgan fingerprint density at radius 2 is 1.43 bits per heavy atom. The third kappa shape index (κ3) is 4.68. The van der Waals surface area contributed by atoms with E-state index in [0.717, 1.165) is 11.1 Å². The van der Waals surface area contributed by atoms with Crippen LogP contribution >= 0.6 is 0 Å². The quantitative estimate of drug-likeness (QED) is 0.771. The van der Waals surface area contributed by atoms with Crippen LogP contribution in [0, 0.1) is 0 Å². The van der Waals surface area contributed by atoms with Gasteiger partial charge in [-0.05, 0) is 11.1 Å². The summed E-state index contributed by atoms with van der Waals surface area (Å²) in [6.07, 6.45) is 0.307. The lowest BCUT2D eigenvalue weighted by Gasteiger charge is -2.21. The van der Waals surface area contributed by atoms with Crippen molar-refractivity contribution in [3.05, 3.63) is 71.8 Å². The Hall–Kier alpha value is -2.62. The molecule has 0 aliphatic carbocycles. The highest BCUT2D eigenvalue weighted by Gasteiger charge is 2.21. The van der Waals surface area contributed by atoms with Crippen LogP contribution in [0.2, 0.25) is 0 Å². The molecule has 2 aromatic carbocycles. The molecule has 2 aromatic rings. The zero-order chi connectivity index (χ0) is 16.7. The molecule has 0 fully saturated rings. The minimum absolute atomic E-state index is 0.0361. The minimum atomic E-state index is -0.420. The van der Waals surface area contributed by atoms with E-state index in [2.05, 4.69) is 4.74 Å². The Kier molecular flexibility index (Phi) is 5.92. The summed E-state index contributed by atoms with van der Waals surface area (Å²) >= 11 is 0. The van der Waals surface area contributed by atoms with Crippen LogP contribution in [-0.2, 0) is 14.3 Å². The summed E-state index contributed by atoms with van der Waals surface area (Å²) in [5.74, 6) is -0.546. The molecule has 0 aliphatic rings. The lowest BCUT2D eigenvalue weighted by atomic mass is 9.88. The summed E-state index contributed by atoms with van der Waals surface area (Å²) < 4.78 is 4.61. The van der Waals surface area contributed by atoms with Crippen molar-refractivity contribution < 1.29 is 14.3 Å². The lowest BCUT2D eigenvalue weighted by molar-refractivity contribution is -0.146. The van der Waals surface area contributed by atoms with Crippen LogP contribution in [0.15, 0.2) is 60.7 Å². The van der Waals surface area contributed by atoms with E-state index >= 15 is 0 Å². The molecule has 4 heteroatoms. The average molecular weight is 311 g/mol. The van der Waals surface area contributed by atoms with E-state index in [-0.39, 0.29) is 18.4 Å². The largest absolute Gasteiger partial charge is 0.468 e. The van der Waals surface area contributed by atoms with Crippen LogP contribution in [0.4, 0.5) is 0 Å². The van der Waals surface area contributed by atoms with Gasteiger partial charge in [0.1, 0.15) is 6.54 Å². The Morgan fingerprint density at radius 3 is 1.87 bits per heavy atom. The highest BCUT2D eigenvalue weighted by Crippen LogP contribution is 2.28. The third-order valence-corrected chi connectivity index (χ3v) is 3.80. The average Bonchev–Trinajstić information content (AvgIpc) is 2.60. The number of benzene rings is 2. The lowest BCUT2D eigenvalue weighted by Crippen LogP contribution is -2.33. The summed E-state index contributed by atoms with van der Waals surface area (Å²) in [4.78, 5) is 25.2. The second-order valence-corrected chi connectivity index (χ2v) is 5.40. The van der Waals surface area contributed by atoms with Gasteiger partial charge >= 0.3 is 5.97 Å². The third-order valence-electron chi connectivity index (χ3n) is 3.80. The van der Waals surface area contributed by atoms with Gasteiger partial charge in [-0.3, -0.25) is 9.59 Å². The molecule has 0 saturated carbocycles. The molecule has 0 radical (unpaired) electrons. The van der Waals surface area contributed by atoms with Crippen LogP contribution in [0.5, 0.6) is 0 Å². The number of ether oxygens (including phenoxy) is 1. The number of amides is 1. The highest BCUT2D eigenvalue weighted by atomic mass is 16.5. The fourth-order valence-corrected chi connectivity index (χ4v) is 2.48. The molecule has 0 aliphatic heterocycles. The van der Waals surface area contributed by atoms with Gasteiger partial charge in [0.15, 0.2) is 0 Å². The molecule has 0 atom stereocenters. The number of esters is 1. The summed E-state index contributed by atoms with van der Waals surface area (Å²) in [7, 11) is 2.93. The maximum atomic E-state index is 12.5. The monoisotopic (exact) mass is 311 g/mol. The first-order chi connectivity index (χ1) is 11.1. The Balaban J connectivity index is 2.19. The van der Waals surface area contributed by atoms with Gasteiger partial charge in [0, 0.05) is 19.4 Å². The number of carbonyl (C=O) groups is 2. The molecule has 23 heavy (non-hydrogen) atoms. The molecular formula is C19H21NO3. The molecule has 2 rings (SSSR count). The standard InChI is InChI=1S/C19H21NO3/c1-20(14-19(22)23-2)18(21)13-17(15-9-5-3-6-10-15)16-11-7-4-8-12-16/h3-12,17H,13-14H2,1-2H3. The first-order valence-corrected chi connectivity index (χ1v) is 7.52. The first-order valence-electron chi connectivity index (χ1n) is 7.52. The van der Waals surface area contributed by atoms with Gasteiger partial charge in [-0.2, -0.15) is 0 Å². The van der Waals surface area contributed by atoms with Crippen molar-refractivity contribution in [2.24, 2.45) is 0 Å². The van der Waals surface area contributed by atoms with Crippen LogP contribution in [0.1, 0.15) is 23.5 Å². The maximum absolute atomic E-state index is 12.5. The van der Waals surface area contributed by atoms with E-state index in [1.807, 2.05) is 60.7 Å². The SMILES string of the molecule is COC(=O)CN(C)C(=O)CC(c1ccccc1)c1ccccc1. The molecule has 0 heterocycles. The Labute approximate surface area is 136 Å². The van der Waals surface area contributed by atoms with Crippen molar-refractivity contribution in [3.8, 4) is 0 Å². The molecule has 0 unspecified atom stereocenters. The van der Waals surface area contributed by atoms with Gasteiger partial charge in [-0.15, -0.1) is 0 Å². The molecule has 4 nitrogen and oxygen atoms in total. The summed E-state index contributed by atoms with van der Waals surface area (Å²) in [5.41, 5.74) is 2.16. The molecule has 120 valence electrons.